The first-order chi connectivity index (χ1) is 12.4. The van der Waals surface area contributed by atoms with Gasteiger partial charge in [-0.15, -0.1) is 0 Å². The van der Waals surface area contributed by atoms with Gasteiger partial charge in [-0.25, -0.2) is 4.79 Å². The highest BCUT2D eigenvalue weighted by Crippen LogP contribution is 2.32. The second-order valence-electron chi connectivity index (χ2n) is 7.84. The van der Waals surface area contributed by atoms with Crippen LogP contribution in [0.25, 0.3) is 0 Å². The summed E-state index contributed by atoms with van der Waals surface area (Å²) in [5, 5.41) is 1.42. The molecule has 0 aromatic heterocycles. The average Bonchev–Trinajstić information content (AvgIpc) is 2.51. The summed E-state index contributed by atoms with van der Waals surface area (Å²) in [6.45, 7) is 6.99. The maximum Gasteiger partial charge on any atom is 0.408 e. The summed E-state index contributed by atoms with van der Waals surface area (Å²) in [5.41, 5.74) is -0.261. The lowest BCUT2D eigenvalue weighted by Crippen LogP contribution is -2.59. The van der Waals surface area contributed by atoms with Crippen LogP contribution in [-0.2, 0) is 21.3 Å². The molecule has 6 nitrogen and oxygen atoms in total. The molecule has 1 aromatic rings. The summed E-state index contributed by atoms with van der Waals surface area (Å²) in [6, 6.07) is 9.54. The molecule has 0 heterocycles. The van der Waals surface area contributed by atoms with Crippen LogP contribution in [0.2, 0.25) is 0 Å². The van der Waals surface area contributed by atoms with Crippen molar-refractivity contribution in [2.45, 2.75) is 56.9 Å². The Bertz CT molecular complexity index is 837. The van der Waals surface area contributed by atoms with Crippen LogP contribution in [0.5, 0.6) is 0 Å². The molecule has 0 saturated heterocycles. The predicted octanol–water partition coefficient (Wildman–Crippen LogP) is 3.66. The van der Waals surface area contributed by atoms with Gasteiger partial charge in [-0.1, -0.05) is 54.1 Å². The molecule has 2 atom stereocenters. The van der Waals surface area contributed by atoms with Crippen molar-refractivity contribution >= 4 is 16.2 Å². The van der Waals surface area contributed by atoms with Crippen molar-refractivity contribution < 1.29 is 22.5 Å². The Morgan fingerprint density at radius 2 is 1.89 bits per heavy atom. The van der Waals surface area contributed by atoms with Gasteiger partial charge < -0.3 is 10.1 Å². The normalized spacial score (nSPS) is 22.9. The second-order valence-corrected chi connectivity index (χ2v) is 9.37. The number of nitrogens with one attached hydrogen (secondary N) is 1. The minimum Gasteiger partial charge on any atom is -0.444 e. The number of amides is 1. The number of ether oxygens (including phenoxy) is 1. The lowest BCUT2D eigenvalue weighted by molar-refractivity contribution is 0.0474. The van der Waals surface area contributed by atoms with Gasteiger partial charge in [0, 0.05) is 0 Å². The van der Waals surface area contributed by atoms with Crippen molar-refractivity contribution in [3.8, 4) is 0 Å². The zero-order chi connectivity index (χ0) is 20.3. The van der Waals surface area contributed by atoms with E-state index in [1.165, 1.54) is 6.08 Å². The van der Waals surface area contributed by atoms with Crippen molar-refractivity contribution in [1.29, 1.82) is 0 Å². The number of benzene rings is 1. The van der Waals surface area contributed by atoms with Gasteiger partial charge in [-0.2, -0.15) is 8.42 Å². The smallest absolute Gasteiger partial charge is 0.408 e. The first-order valence-electron chi connectivity index (χ1n) is 8.80. The fourth-order valence-electron chi connectivity index (χ4n) is 3.19. The molecule has 0 spiro atoms. The van der Waals surface area contributed by atoms with Crippen molar-refractivity contribution in [2.75, 3.05) is 0 Å². The highest BCUT2D eigenvalue weighted by Gasteiger charge is 2.46. The van der Waals surface area contributed by atoms with Crippen LogP contribution in [0.4, 0.5) is 4.79 Å². The molecule has 1 amide bonds. The molecule has 148 valence electrons. The monoisotopic (exact) mass is 393 g/mol. The second kappa shape index (κ2) is 7.86. The summed E-state index contributed by atoms with van der Waals surface area (Å²) in [5.74, 6) is 0. The molecule has 1 aliphatic rings. The zero-order valence-electron chi connectivity index (χ0n) is 16.1. The fourth-order valence-corrected chi connectivity index (χ4v) is 4.24. The first kappa shape index (κ1) is 21.2. The standard InChI is InChI=1S/C20H27NO5S/c1-15-10-11-17(27(23,24)25)20(14-15,21-18(22)26-19(2,3)4)13-12-16-8-6-5-7-9-16/h5-11,14,17H,12-13H2,1-4H3,(H,21,22)(H,23,24,25)/t17-,20?/m1/s1. The van der Waals surface area contributed by atoms with Gasteiger partial charge in [-0.3, -0.25) is 4.55 Å². The number of rotatable bonds is 5. The van der Waals surface area contributed by atoms with Crippen LogP contribution >= 0.6 is 0 Å². The van der Waals surface area contributed by atoms with Gasteiger partial charge in [0.25, 0.3) is 10.1 Å². The zero-order valence-corrected chi connectivity index (χ0v) is 16.9. The van der Waals surface area contributed by atoms with E-state index in [1.54, 1.807) is 32.9 Å². The molecule has 0 bridgehead atoms. The van der Waals surface area contributed by atoms with Crippen LogP contribution in [0, 0.1) is 0 Å². The molecule has 1 aromatic carbocycles. The average molecular weight is 394 g/mol. The van der Waals surface area contributed by atoms with E-state index < -0.39 is 32.6 Å². The number of aryl methyl sites for hydroxylation is 1. The summed E-state index contributed by atoms with van der Waals surface area (Å²) < 4.78 is 39.3. The Morgan fingerprint density at radius 1 is 1.26 bits per heavy atom. The van der Waals surface area contributed by atoms with Crippen LogP contribution < -0.4 is 5.32 Å². The molecule has 0 fully saturated rings. The number of hydrogen-bond acceptors (Lipinski definition) is 4. The Labute approximate surface area is 161 Å². The molecule has 1 unspecified atom stereocenters. The molecule has 27 heavy (non-hydrogen) atoms. The van der Waals surface area contributed by atoms with Gasteiger partial charge in [0.05, 0.1) is 5.54 Å². The quantitative estimate of drug-likeness (QED) is 0.745. The lowest BCUT2D eigenvalue weighted by Gasteiger charge is -2.39. The molecule has 0 radical (unpaired) electrons. The van der Waals surface area contributed by atoms with Crippen molar-refractivity contribution in [3.05, 3.63) is 59.7 Å². The minimum absolute atomic E-state index is 0.280. The number of allylic oxidation sites excluding steroid dienone is 2. The van der Waals surface area contributed by atoms with E-state index in [0.29, 0.717) is 6.42 Å². The van der Waals surface area contributed by atoms with Gasteiger partial charge in [0.1, 0.15) is 10.9 Å². The fraction of sp³-hybridized carbons (Fsp3) is 0.450. The maximum atomic E-state index is 12.5. The number of carbonyl (C=O) groups is 1. The highest BCUT2D eigenvalue weighted by atomic mass is 32.2. The topological polar surface area (TPSA) is 92.7 Å². The van der Waals surface area contributed by atoms with E-state index in [4.69, 9.17) is 4.74 Å². The van der Waals surface area contributed by atoms with Crippen LogP contribution in [0.15, 0.2) is 54.1 Å². The van der Waals surface area contributed by atoms with Crippen molar-refractivity contribution in [1.82, 2.24) is 5.32 Å². The molecule has 7 heteroatoms. The van der Waals surface area contributed by atoms with E-state index >= 15 is 0 Å². The third kappa shape index (κ3) is 5.94. The summed E-state index contributed by atoms with van der Waals surface area (Å²) in [4.78, 5) is 12.5. The Balaban J connectivity index is 2.39. The first-order valence-corrected chi connectivity index (χ1v) is 10.3. The van der Waals surface area contributed by atoms with E-state index in [0.717, 1.165) is 11.1 Å². The van der Waals surface area contributed by atoms with Crippen molar-refractivity contribution in [2.24, 2.45) is 0 Å². The van der Waals surface area contributed by atoms with Crippen LogP contribution in [-0.4, -0.2) is 35.5 Å². The third-order valence-electron chi connectivity index (χ3n) is 4.25. The van der Waals surface area contributed by atoms with Crippen molar-refractivity contribution in [3.63, 3.8) is 0 Å². The SMILES string of the molecule is CC1=CC(CCc2ccccc2)(NC(=O)OC(C)(C)C)[C@H](S(=O)(=O)O)C=C1. The van der Waals surface area contributed by atoms with E-state index in [9.17, 15) is 17.8 Å². The Morgan fingerprint density at radius 3 is 2.44 bits per heavy atom. The molecular formula is C20H27NO5S. The van der Waals surface area contributed by atoms with Gasteiger partial charge >= 0.3 is 6.09 Å². The minimum atomic E-state index is -4.45. The Kier molecular flexibility index (Phi) is 6.17. The molecular weight excluding hydrogens is 366 g/mol. The predicted molar refractivity (Wildman–Crippen MR) is 105 cm³/mol. The molecule has 0 aliphatic heterocycles. The maximum absolute atomic E-state index is 12.5. The molecule has 0 saturated carbocycles. The van der Waals surface area contributed by atoms with Gasteiger partial charge in [0.2, 0.25) is 0 Å². The van der Waals surface area contributed by atoms with Gasteiger partial charge in [-0.05, 0) is 46.1 Å². The van der Waals surface area contributed by atoms with E-state index in [1.807, 2.05) is 37.3 Å². The number of carbonyl (C=O) groups excluding carboxylic acids is 1. The van der Waals surface area contributed by atoms with E-state index in [2.05, 4.69) is 5.32 Å². The highest BCUT2D eigenvalue weighted by molar-refractivity contribution is 7.86. The summed E-state index contributed by atoms with van der Waals surface area (Å²) in [6.07, 6.45) is 4.77. The van der Waals surface area contributed by atoms with Crippen LogP contribution in [0.3, 0.4) is 0 Å². The third-order valence-corrected chi connectivity index (χ3v) is 5.47. The number of hydrogen-bond donors (Lipinski definition) is 2. The van der Waals surface area contributed by atoms with Gasteiger partial charge in [0.15, 0.2) is 0 Å². The molecule has 2 rings (SSSR count). The van der Waals surface area contributed by atoms with E-state index in [-0.39, 0.29) is 6.42 Å². The van der Waals surface area contributed by atoms with Crippen LogP contribution in [0.1, 0.15) is 39.7 Å². The number of alkyl carbamates (subject to hydrolysis) is 1. The molecule has 1 aliphatic carbocycles. The Hall–Kier alpha value is -2.12. The lowest BCUT2D eigenvalue weighted by atomic mass is 9.82. The summed E-state index contributed by atoms with van der Waals surface area (Å²) in [7, 11) is -4.45. The summed E-state index contributed by atoms with van der Waals surface area (Å²) >= 11 is 0. The molecule has 2 N–H and O–H groups in total. The largest absolute Gasteiger partial charge is 0.444 e.